The van der Waals surface area contributed by atoms with E-state index >= 15 is 0 Å². The Kier molecular flexibility index (Phi) is 5.70. The number of ether oxygens (including phenoxy) is 1. The van der Waals surface area contributed by atoms with Crippen molar-refractivity contribution in [2.45, 2.75) is 5.25 Å². The zero-order valence-electron chi connectivity index (χ0n) is 11.6. The minimum atomic E-state index is -0.304. The van der Waals surface area contributed by atoms with Crippen molar-refractivity contribution in [3.05, 3.63) is 40.9 Å². The lowest BCUT2D eigenvalue weighted by Crippen LogP contribution is -2.44. The number of nitrogens with zero attached hydrogens (tertiary/aromatic N) is 1. The first kappa shape index (κ1) is 15.9. The average molecular weight is 326 g/mol. The van der Waals surface area contributed by atoms with Gasteiger partial charge in [0.05, 0.1) is 7.11 Å². The molecule has 21 heavy (non-hydrogen) atoms. The van der Waals surface area contributed by atoms with Crippen LogP contribution in [0.4, 0.5) is 0 Å². The van der Waals surface area contributed by atoms with E-state index in [0.717, 1.165) is 11.3 Å². The first-order valence-corrected chi connectivity index (χ1v) is 7.95. The van der Waals surface area contributed by atoms with Gasteiger partial charge in [-0.3, -0.25) is 9.59 Å². The number of methoxy groups -OCH3 is 1. The van der Waals surface area contributed by atoms with Gasteiger partial charge in [0.25, 0.3) is 0 Å². The van der Waals surface area contributed by atoms with Gasteiger partial charge in [0.1, 0.15) is 5.25 Å². The Morgan fingerprint density at radius 2 is 2.19 bits per heavy atom. The molecule has 4 nitrogen and oxygen atoms in total. The molecule has 2 rings (SSSR count). The van der Waals surface area contributed by atoms with E-state index in [0.29, 0.717) is 18.1 Å². The van der Waals surface area contributed by atoms with Gasteiger partial charge in [-0.1, -0.05) is 29.8 Å². The van der Waals surface area contributed by atoms with Crippen LogP contribution in [0.3, 0.4) is 0 Å². The Morgan fingerprint density at radius 3 is 2.90 bits per heavy atom. The molecule has 0 aliphatic carbocycles. The Morgan fingerprint density at radius 1 is 1.43 bits per heavy atom. The van der Waals surface area contributed by atoms with E-state index in [1.54, 1.807) is 17.0 Å². The SMILES string of the molecule is COC(=O)[C@@H]1CN(C(=O)/C=C/c2ccccc2Cl)CCS1. The smallest absolute Gasteiger partial charge is 0.320 e. The lowest BCUT2D eigenvalue weighted by molar-refractivity contribution is -0.140. The fraction of sp³-hybridized carbons (Fsp3) is 0.333. The largest absolute Gasteiger partial charge is 0.468 e. The summed E-state index contributed by atoms with van der Waals surface area (Å²) in [5.74, 6) is 0.322. The quantitative estimate of drug-likeness (QED) is 0.632. The van der Waals surface area contributed by atoms with Crippen molar-refractivity contribution in [2.24, 2.45) is 0 Å². The molecular weight excluding hydrogens is 310 g/mol. The third-order valence-corrected chi connectivity index (χ3v) is 4.66. The number of benzene rings is 1. The normalized spacial score (nSPS) is 18.8. The number of hydrogen-bond donors (Lipinski definition) is 0. The third-order valence-electron chi connectivity index (χ3n) is 3.15. The first-order valence-electron chi connectivity index (χ1n) is 6.52. The van der Waals surface area contributed by atoms with Crippen molar-refractivity contribution in [1.82, 2.24) is 4.90 Å². The van der Waals surface area contributed by atoms with E-state index in [1.165, 1.54) is 24.9 Å². The van der Waals surface area contributed by atoms with Gasteiger partial charge in [-0.15, -0.1) is 11.8 Å². The summed E-state index contributed by atoms with van der Waals surface area (Å²) in [5.41, 5.74) is 0.795. The molecule has 1 saturated heterocycles. The highest BCUT2D eigenvalue weighted by Gasteiger charge is 2.28. The van der Waals surface area contributed by atoms with Crippen LogP contribution in [0.15, 0.2) is 30.3 Å². The molecule has 1 fully saturated rings. The van der Waals surface area contributed by atoms with Gasteiger partial charge < -0.3 is 9.64 Å². The van der Waals surface area contributed by atoms with Crippen molar-refractivity contribution in [2.75, 3.05) is 26.0 Å². The molecule has 0 aromatic heterocycles. The Bertz CT molecular complexity index is 562. The number of hydrogen-bond acceptors (Lipinski definition) is 4. The minimum absolute atomic E-state index is 0.121. The predicted octanol–water partition coefficient (Wildman–Crippen LogP) is 2.47. The molecule has 1 atom stereocenters. The van der Waals surface area contributed by atoms with Crippen LogP contribution < -0.4 is 0 Å². The third kappa shape index (κ3) is 4.25. The van der Waals surface area contributed by atoms with Gasteiger partial charge >= 0.3 is 5.97 Å². The number of thioether (sulfide) groups is 1. The molecule has 1 amide bonds. The van der Waals surface area contributed by atoms with E-state index in [9.17, 15) is 9.59 Å². The fourth-order valence-corrected chi connectivity index (χ4v) is 3.33. The molecule has 0 saturated carbocycles. The zero-order chi connectivity index (χ0) is 15.2. The van der Waals surface area contributed by atoms with Gasteiger partial charge in [-0.05, 0) is 17.7 Å². The molecule has 1 aromatic carbocycles. The number of carbonyl (C=O) groups excluding carboxylic acids is 2. The molecular formula is C15H16ClNO3S. The van der Waals surface area contributed by atoms with E-state index in [-0.39, 0.29) is 17.1 Å². The molecule has 0 N–H and O–H groups in total. The van der Waals surface area contributed by atoms with E-state index in [1.807, 2.05) is 18.2 Å². The van der Waals surface area contributed by atoms with Crippen LogP contribution in [0.1, 0.15) is 5.56 Å². The summed E-state index contributed by atoms with van der Waals surface area (Å²) >= 11 is 7.56. The highest BCUT2D eigenvalue weighted by Crippen LogP contribution is 2.21. The summed E-state index contributed by atoms with van der Waals surface area (Å²) in [5, 5.41) is 0.296. The van der Waals surface area contributed by atoms with Crippen LogP contribution in [0.25, 0.3) is 6.08 Å². The zero-order valence-corrected chi connectivity index (χ0v) is 13.2. The maximum atomic E-state index is 12.2. The lowest BCUT2D eigenvalue weighted by Gasteiger charge is -2.30. The summed E-state index contributed by atoms with van der Waals surface area (Å²) in [6, 6.07) is 7.32. The van der Waals surface area contributed by atoms with Crippen molar-refractivity contribution >= 4 is 41.3 Å². The Hall–Kier alpha value is -1.46. The van der Waals surface area contributed by atoms with Crippen LogP contribution in [0.5, 0.6) is 0 Å². The number of carbonyl (C=O) groups is 2. The molecule has 1 aliphatic heterocycles. The van der Waals surface area contributed by atoms with Gasteiger partial charge in [0, 0.05) is 29.9 Å². The van der Waals surface area contributed by atoms with E-state index < -0.39 is 0 Å². The number of rotatable bonds is 3. The molecule has 1 heterocycles. The van der Waals surface area contributed by atoms with Gasteiger partial charge in [0.15, 0.2) is 0 Å². The van der Waals surface area contributed by atoms with Crippen molar-refractivity contribution in [1.29, 1.82) is 0 Å². The molecule has 112 valence electrons. The van der Waals surface area contributed by atoms with Crippen LogP contribution in [-0.4, -0.2) is 48.0 Å². The number of esters is 1. The van der Waals surface area contributed by atoms with Gasteiger partial charge in [-0.25, -0.2) is 0 Å². The molecule has 0 radical (unpaired) electrons. The van der Waals surface area contributed by atoms with Crippen LogP contribution in [-0.2, 0) is 14.3 Å². The second-order valence-electron chi connectivity index (χ2n) is 4.52. The van der Waals surface area contributed by atoms with Gasteiger partial charge in [-0.2, -0.15) is 0 Å². The maximum Gasteiger partial charge on any atom is 0.320 e. The van der Waals surface area contributed by atoms with Crippen LogP contribution >= 0.6 is 23.4 Å². The summed E-state index contributed by atoms with van der Waals surface area (Å²) < 4.78 is 4.73. The minimum Gasteiger partial charge on any atom is -0.468 e. The summed E-state index contributed by atoms with van der Waals surface area (Å²) in [4.78, 5) is 25.4. The lowest BCUT2D eigenvalue weighted by atomic mass is 10.2. The number of halogens is 1. The highest BCUT2D eigenvalue weighted by molar-refractivity contribution is 8.00. The highest BCUT2D eigenvalue weighted by atomic mass is 35.5. The standard InChI is InChI=1S/C15H16ClNO3S/c1-20-15(19)13-10-17(8-9-21-13)14(18)7-6-11-4-2-3-5-12(11)16/h2-7,13H,8-10H2,1H3/b7-6+/t13-/m0/s1. The molecule has 0 unspecified atom stereocenters. The fourth-order valence-electron chi connectivity index (χ4n) is 2.00. The van der Waals surface area contributed by atoms with E-state index in [2.05, 4.69) is 0 Å². The van der Waals surface area contributed by atoms with Crippen molar-refractivity contribution in [3.8, 4) is 0 Å². The monoisotopic (exact) mass is 325 g/mol. The molecule has 0 bridgehead atoms. The summed E-state index contributed by atoms with van der Waals surface area (Å²) in [7, 11) is 1.36. The maximum absolute atomic E-state index is 12.2. The molecule has 6 heteroatoms. The van der Waals surface area contributed by atoms with Crippen LogP contribution in [0.2, 0.25) is 5.02 Å². The summed E-state index contributed by atoms with van der Waals surface area (Å²) in [6.45, 7) is 1.01. The molecule has 1 aliphatic rings. The van der Waals surface area contributed by atoms with Crippen molar-refractivity contribution in [3.63, 3.8) is 0 Å². The first-order chi connectivity index (χ1) is 10.1. The Labute approximate surface area is 133 Å². The van der Waals surface area contributed by atoms with Crippen molar-refractivity contribution < 1.29 is 14.3 Å². The van der Waals surface area contributed by atoms with Gasteiger partial charge in [0.2, 0.25) is 5.91 Å². The Balaban J connectivity index is 2.00. The van der Waals surface area contributed by atoms with Crippen LogP contribution in [0, 0.1) is 0 Å². The molecule has 1 aromatic rings. The number of amides is 1. The average Bonchev–Trinajstić information content (AvgIpc) is 2.53. The van der Waals surface area contributed by atoms with E-state index in [4.69, 9.17) is 16.3 Å². The molecule has 0 spiro atoms. The predicted molar refractivity (Wildman–Crippen MR) is 85.3 cm³/mol. The second kappa shape index (κ2) is 7.52. The summed E-state index contributed by atoms with van der Waals surface area (Å²) in [6.07, 6.45) is 3.19. The topological polar surface area (TPSA) is 46.6 Å². The second-order valence-corrected chi connectivity index (χ2v) is 6.24.